The van der Waals surface area contributed by atoms with Crippen LogP contribution in [0.3, 0.4) is 0 Å². The van der Waals surface area contributed by atoms with E-state index in [2.05, 4.69) is 60.3 Å². The standard InChI is InChI=1S/C44H36N2O9/c1-45-32(31-18-40-39(54-21-55-40)17-30(31)27-8-6-23-12-36-38(53-20-51-36)16-29(23)43(27)45)13-24(47)14-33-41-25(9-10-34(48-3)44(41)49-4)26-7-5-22-11-35-37(52-19-50-35)15-28(22)42(26)46(33)2/h5-12,15-18,32-33H,13-14,19-21H2,1-4H3/t32-,33-/m0/s1. The summed E-state index contributed by atoms with van der Waals surface area (Å²) in [5.41, 5.74) is 8.06. The van der Waals surface area contributed by atoms with E-state index in [1.165, 1.54) is 0 Å². The molecule has 0 unspecified atom stereocenters. The first-order valence-electron chi connectivity index (χ1n) is 18.3. The van der Waals surface area contributed by atoms with Crippen LogP contribution in [0.4, 0.5) is 11.4 Å². The molecule has 0 bridgehead atoms. The van der Waals surface area contributed by atoms with Gasteiger partial charge in [-0.25, -0.2) is 0 Å². The SMILES string of the molecule is COc1ccc2c(c1OC)[C@H](CC(=O)C[C@H]1c3cc4c(cc3-c3ccc5cc6c(cc5c3N1C)OCO6)OCO4)N(C)c1c-2ccc2cc3c(cc12)OCO3. The molecule has 11 nitrogen and oxygen atoms in total. The number of ketones is 1. The molecule has 0 saturated carbocycles. The van der Waals surface area contributed by atoms with Crippen LogP contribution in [0, 0.1) is 0 Å². The maximum atomic E-state index is 14.9. The van der Waals surface area contributed by atoms with Gasteiger partial charge in [0.1, 0.15) is 5.78 Å². The Morgan fingerprint density at radius 2 is 1.07 bits per heavy atom. The van der Waals surface area contributed by atoms with Gasteiger partial charge in [0, 0.05) is 54.4 Å². The Bertz CT molecular complexity index is 2660. The van der Waals surface area contributed by atoms with Gasteiger partial charge in [-0.05, 0) is 76.0 Å². The Balaban J connectivity index is 1.02. The number of anilines is 2. The highest BCUT2D eigenvalue weighted by atomic mass is 16.7. The van der Waals surface area contributed by atoms with Gasteiger partial charge in [-0.15, -0.1) is 0 Å². The zero-order chi connectivity index (χ0) is 37.1. The molecule has 0 N–H and O–H groups in total. The van der Waals surface area contributed by atoms with Crippen LogP contribution in [0.15, 0.2) is 72.8 Å². The van der Waals surface area contributed by atoms with Crippen molar-refractivity contribution in [2.75, 3.05) is 58.5 Å². The lowest BCUT2D eigenvalue weighted by Crippen LogP contribution is -2.33. The number of Topliss-reactive ketones (excluding diaryl/α,β-unsaturated/α-hetero) is 1. The third kappa shape index (κ3) is 4.58. The number of fused-ring (bicyclic) bond motifs is 13. The molecular formula is C44H36N2O9. The smallest absolute Gasteiger partial charge is 0.231 e. The van der Waals surface area contributed by atoms with E-state index in [1.54, 1.807) is 14.2 Å². The predicted octanol–water partition coefficient (Wildman–Crippen LogP) is 8.56. The Hall–Kier alpha value is -6.49. The molecule has 0 saturated heterocycles. The summed E-state index contributed by atoms with van der Waals surface area (Å²) in [6.07, 6.45) is 0.468. The molecule has 0 spiro atoms. The highest BCUT2D eigenvalue weighted by Crippen LogP contribution is 2.56. The van der Waals surface area contributed by atoms with Crippen molar-refractivity contribution < 1.29 is 42.7 Å². The highest BCUT2D eigenvalue weighted by molar-refractivity contribution is 6.07. The average Bonchev–Trinajstić information content (AvgIpc) is 3.98. The maximum Gasteiger partial charge on any atom is 0.231 e. The van der Waals surface area contributed by atoms with Crippen molar-refractivity contribution in [1.29, 1.82) is 0 Å². The van der Waals surface area contributed by atoms with E-state index < -0.39 is 0 Å². The lowest BCUT2D eigenvalue weighted by molar-refractivity contribution is -0.119. The van der Waals surface area contributed by atoms with E-state index >= 15 is 0 Å². The van der Waals surface area contributed by atoms with E-state index in [0.29, 0.717) is 34.5 Å². The minimum absolute atomic E-state index is 0.0933. The summed E-state index contributed by atoms with van der Waals surface area (Å²) < 4.78 is 46.7. The molecule has 0 amide bonds. The minimum atomic E-state index is -0.367. The van der Waals surface area contributed by atoms with Gasteiger partial charge in [0.25, 0.3) is 0 Å². The summed E-state index contributed by atoms with van der Waals surface area (Å²) in [5, 5.41) is 4.09. The Morgan fingerprint density at radius 1 is 0.582 bits per heavy atom. The first-order chi connectivity index (χ1) is 26.9. The van der Waals surface area contributed by atoms with Gasteiger partial charge in [-0.1, -0.05) is 24.3 Å². The molecule has 11 heteroatoms. The van der Waals surface area contributed by atoms with E-state index in [9.17, 15) is 4.79 Å². The second kappa shape index (κ2) is 11.8. The third-order valence-corrected chi connectivity index (χ3v) is 11.9. The number of ether oxygens (including phenoxy) is 8. The molecule has 276 valence electrons. The zero-order valence-corrected chi connectivity index (χ0v) is 30.7. The fourth-order valence-electron chi connectivity index (χ4n) is 9.29. The van der Waals surface area contributed by atoms with E-state index in [1.807, 2.05) is 36.4 Å². The van der Waals surface area contributed by atoms with Crippen molar-refractivity contribution in [1.82, 2.24) is 0 Å². The first-order valence-corrected chi connectivity index (χ1v) is 18.3. The predicted molar refractivity (Wildman–Crippen MR) is 207 cm³/mol. The monoisotopic (exact) mass is 736 g/mol. The summed E-state index contributed by atoms with van der Waals surface area (Å²) in [6, 6.07) is 24.0. The number of nitrogens with zero attached hydrogens (tertiary/aromatic N) is 2. The molecule has 0 aromatic heterocycles. The number of rotatable bonds is 6. The zero-order valence-electron chi connectivity index (χ0n) is 30.7. The molecule has 6 aromatic carbocycles. The van der Waals surface area contributed by atoms with Gasteiger partial charge >= 0.3 is 0 Å². The number of carbonyl (C=O) groups is 1. The Labute approximate surface area is 316 Å². The Morgan fingerprint density at radius 3 is 1.65 bits per heavy atom. The van der Waals surface area contributed by atoms with Gasteiger partial charge in [0.15, 0.2) is 46.0 Å². The van der Waals surface area contributed by atoms with Crippen molar-refractivity contribution in [3.63, 3.8) is 0 Å². The van der Waals surface area contributed by atoms with E-state index in [4.69, 9.17) is 37.9 Å². The molecule has 55 heavy (non-hydrogen) atoms. The van der Waals surface area contributed by atoms with Crippen molar-refractivity contribution in [2.45, 2.75) is 24.9 Å². The van der Waals surface area contributed by atoms with Crippen LogP contribution in [0.2, 0.25) is 0 Å². The lowest BCUT2D eigenvalue weighted by atomic mass is 9.81. The summed E-state index contributed by atoms with van der Waals surface area (Å²) in [4.78, 5) is 19.3. The summed E-state index contributed by atoms with van der Waals surface area (Å²) in [5.74, 6) is 5.56. The Kier molecular flexibility index (Phi) is 6.84. The maximum absolute atomic E-state index is 14.9. The molecule has 0 aliphatic carbocycles. The van der Waals surface area contributed by atoms with Gasteiger partial charge in [0.05, 0.1) is 37.7 Å². The molecule has 0 fully saturated rings. The van der Waals surface area contributed by atoms with Gasteiger partial charge in [-0.3, -0.25) is 4.79 Å². The number of benzene rings is 6. The number of hydrogen-bond donors (Lipinski definition) is 0. The molecule has 5 aliphatic rings. The molecular weight excluding hydrogens is 700 g/mol. The molecule has 11 rings (SSSR count). The van der Waals surface area contributed by atoms with Crippen LogP contribution < -0.4 is 47.7 Å². The van der Waals surface area contributed by atoms with Gasteiger partial charge < -0.3 is 47.7 Å². The van der Waals surface area contributed by atoms with Crippen LogP contribution >= 0.6 is 0 Å². The lowest BCUT2D eigenvalue weighted by Gasteiger charge is -2.40. The van der Waals surface area contributed by atoms with Gasteiger partial charge in [-0.2, -0.15) is 0 Å². The number of carbonyl (C=O) groups excluding carboxylic acids is 1. The van der Waals surface area contributed by atoms with Crippen molar-refractivity contribution in [2.24, 2.45) is 0 Å². The van der Waals surface area contributed by atoms with Crippen LogP contribution in [-0.2, 0) is 4.79 Å². The molecule has 5 aliphatic heterocycles. The summed E-state index contributed by atoms with van der Waals surface area (Å²) in [7, 11) is 7.41. The third-order valence-electron chi connectivity index (χ3n) is 11.9. The van der Waals surface area contributed by atoms with Crippen molar-refractivity contribution in [3.8, 4) is 68.2 Å². The molecule has 2 atom stereocenters. The van der Waals surface area contributed by atoms with Crippen molar-refractivity contribution >= 4 is 38.7 Å². The first kappa shape index (κ1) is 32.0. The minimum Gasteiger partial charge on any atom is -0.493 e. The fourth-order valence-corrected chi connectivity index (χ4v) is 9.29. The molecule has 6 aromatic rings. The number of methoxy groups -OCH3 is 2. The normalized spacial score (nSPS) is 17.9. The van der Waals surface area contributed by atoms with Crippen LogP contribution in [-0.4, -0.2) is 54.5 Å². The second-order valence-corrected chi connectivity index (χ2v) is 14.5. The summed E-state index contributed by atoms with van der Waals surface area (Å²) in [6.45, 7) is 0.529. The van der Waals surface area contributed by atoms with E-state index in [0.717, 1.165) is 77.8 Å². The van der Waals surface area contributed by atoms with Crippen LogP contribution in [0.25, 0.3) is 43.8 Å². The van der Waals surface area contributed by atoms with Crippen LogP contribution in [0.1, 0.15) is 36.1 Å². The van der Waals surface area contributed by atoms with Gasteiger partial charge in [0.2, 0.25) is 20.4 Å². The quantitative estimate of drug-likeness (QED) is 0.165. The largest absolute Gasteiger partial charge is 0.493 e. The van der Waals surface area contributed by atoms with Crippen LogP contribution in [0.5, 0.6) is 46.0 Å². The fraction of sp³-hybridized carbons (Fsp3) is 0.250. The highest BCUT2D eigenvalue weighted by Gasteiger charge is 2.39. The topological polar surface area (TPSA) is 97.4 Å². The van der Waals surface area contributed by atoms with E-state index in [-0.39, 0.29) is 51.1 Å². The van der Waals surface area contributed by atoms with Crippen molar-refractivity contribution in [3.05, 3.63) is 83.9 Å². The molecule has 5 heterocycles. The second-order valence-electron chi connectivity index (χ2n) is 14.5. The summed E-state index contributed by atoms with van der Waals surface area (Å²) >= 11 is 0. The number of hydrogen-bond acceptors (Lipinski definition) is 11. The molecule has 0 radical (unpaired) electrons. The average molecular weight is 737 g/mol.